The number of halogens is 2. The van der Waals surface area contributed by atoms with Crippen LogP contribution in [0.5, 0.6) is 5.75 Å². The van der Waals surface area contributed by atoms with E-state index in [0.717, 1.165) is 18.4 Å². The van der Waals surface area contributed by atoms with Gasteiger partial charge < -0.3 is 25.6 Å². The van der Waals surface area contributed by atoms with Crippen LogP contribution in [-0.2, 0) is 16.0 Å². The number of nitrogens with one attached hydrogen (secondary N) is 2. The molecule has 5 rings (SSSR count). The molecule has 1 aliphatic rings. The van der Waals surface area contributed by atoms with Gasteiger partial charge in [0.15, 0.2) is 23.0 Å². The van der Waals surface area contributed by atoms with Gasteiger partial charge in [-0.2, -0.15) is 4.39 Å². The van der Waals surface area contributed by atoms with Crippen LogP contribution in [0, 0.1) is 17.6 Å². The summed E-state index contributed by atoms with van der Waals surface area (Å²) in [7, 11) is 1.27. The number of carboxylic acid groups (broad SMARTS) is 2. The zero-order valence-electron chi connectivity index (χ0n) is 26.6. The van der Waals surface area contributed by atoms with Gasteiger partial charge in [-0.25, -0.2) is 14.4 Å². The minimum absolute atomic E-state index is 0.0336. The van der Waals surface area contributed by atoms with Crippen LogP contribution in [0.3, 0.4) is 0 Å². The van der Waals surface area contributed by atoms with Crippen LogP contribution >= 0.6 is 0 Å². The number of aliphatic carboxylic acids is 1. The van der Waals surface area contributed by atoms with Gasteiger partial charge in [0, 0.05) is 35.8 Å². The van der Waals surface area contributed by atoms with Crippen molar-refractivity contribution in [3.63, 3.8) is 0 Å². The highest BCUT2D eigenvalue weighted by Crippen LogP contribution is 2.32. The molecule has 0 unspecified atom stereocenters. The van der Waals surface area contributed by atoms with E-state index in [1.54, 1.807) is 36.6 Å². The molecule has 14 heteroatoms. The third kappa shape index (κ3) is 7.49. The van der Waals surface area contributed by atoms with Crippen molar-refractivity contribution < 1.29 is 38.1 Å². The number of methoxy groups -OCH3 is 1. The number of aryl methyl sites for hydroxylation is 1. The summed E-state index contributed by atoms with van der Waals surface area (Å²) < 4.78 is 35.7. The van der Waals surface area contributed by atoms with E-state index < -0.39 is 23.1 Å². The third-order valence-electron chi connectivity index (χ3n) is 8.44. The Balaban J connectivity index is 0.00000160. The summed E-state index contributed by atoms with van der Waals surface area (Å²) in [5.74, 6) is -2.61. The molecule has 1 aliphatic heterocycles. The second-order valence-electron chi connectivity index (χ2n) is 11.5. The second kappa shape index (κ2) is 15.0. The molecule has 2 aromatic carbocycles. The zero-order valence-corrected chi connectivity index (χ0v) is 26.6. The molecule has 0 spiro atoms. The number of aromatic nitrogens is 3. The van der Waals surface area contributed by atoms with E-state index in [4.69, 9.17) is 14.6 Å². The Labute approximate surface area is 270 Å². The molecule has 1 saturated heterocycles. The van der Waals surface area contributed by atoms with Gasteiger partial charge >= 0.3 is 5.97 Å². The number of nitrogens with zero attached hydrogens (tertiary/aromatic N) is 4. The zero-order chi connectivity index (χ0) is 34.3. The number of benzene rings is 2. The molecular formula is C33H38F2N6O6. The number of imidazole rings is 1. The summed E-state index contributed by atoms with van der Waals surface area (Å²) in [6, 6.07) is 8.24. The van der Waals surface area contributed by atoms with Crippen molar-refractivity contribution in [2.24, 2.45) is 5.92 Å². The quantitative estimate of drug-likeness (QED) is 0.172. The van der Waals surface area contributed by atoms with E-state index in [-0.39, 0.29) is 29.6 Å². The number of fused-ring (bicyclic) bond motifs is 1. The number of anilines is 2. The summed E-state index contributed by atoms with van der Waals surface area (Å²) in [6.07, 6.45) is 6.85. The normalized spacial score (nSPS) is 13.8. The number of piperidine rings is 1. The summed E-state index contributed by atoms with van der Waals surface area (Å²) in [5.41, 5.74) is 2.00. The Morgan fingerprint density at radius 3 is 2.47 bits per heavy atom. The van der Waals surface area contributed by atoms with Gasteiger partial charge in [-0.3, -0.25) is 23.7 Å². The Kier molecular flexibility index (Phi) is 11.1. The number of carbonyl (C=O) groups is 3. The topological polar surface area (TPSA) is 158 Å². The molecule has 1 fully saturated rings. The minimum atomic E-state index is -1.08. The first kappa shape index (κ1) is 34.8. The molecule has 0 bridgehead atoms. The average Bonchev–Trinajstić information content (AvgIpc) is 3.50. The van der Waals surface area contributed by atoms with Crippen molar-refractivity contribution >= 4 is 35.5 Å². The van der Waals surface area contributed by atoms with E-state index >= 15 is 0 Å². The lowest BCUT2D eigenvalue weighted by atomic mass is 9.92. The Hall–Kier alpha value is -5.11. The number of rotatable bonds is 10. The number of likely N-dealkylation sites (tertiary alicyclic amines) is 1. The van der Waals surface area contributed by atoms with Crippen molar-refractivity contribution in [2.45, 2.75) is 45.6 Å². The molecule has 47 heavy (non-hydrogen) atoms. The monoisotopic (exact) mass is 652 g/mol. The number of hydrogen-bond acceptors (Lipinski definition) is 8. The van der Waals surface area contributed by atoms with E-state index in [0.29, 0.717) is 54.5 Å². The van der Waals surface area contributed by atoms with Crippen LogP contribution in [0.15, 0.2) is 48.9 Å². The maximum atomic E-state index is 14.8. The Bertz CT molecular complexity index is 1750. The molecule has 12 nitrogen and oxygen atoms in total. The maximum Gasteiger partial charge on any atom is 0.323 e. The fraction of sp³-hybridized carbons (Fsp3) is 0.364. The predicted molar refractivity (Wildman–Crippen MR) is 171 cm³/mol. The first-order valence-electron chi connectivity index (χ1n) is 15.1. The van der Waals surface area contributed by atoms with E-state index in [2.05, 4.69) is 20.6 Å². The van der Waals surface area contributed by atoms with Gasteiger partial charge in [0.2, 0.25) is 5.82 Å². The van der Waals surface area contributed by atoms with Crippen LogP contribution < -0.4 is 15.4 Å². The summed E-state index contributed by atoms with van der Waals surface area (Å²) in [4.78, 5) is 43.9. The first-order chi connectivity index (χ1) is 22.5. The summed E-state index contributed by atoms with van der Waals surface area (Å²) >= 11 is 0. The summed E-state index contributed by atoms with van der Waals surface area (Å²) in [6.45, 7) is 7.03. The van der Waals surface area contributed by atoms with Gasteiger partial charge in [-0.05, 0) is 88.0 Å². The SMILES string of the molecule is CCc1cc(Nc2nccn3c(-c4ccc(OC)c(F)c4F)cnc23)ccc1C(=O)NCC1CCN(C(C)(C)C(=O)O)CC1.O=CO. The second-order valence-corrected chi connectivity index (χ2v) is 11.5. The number of carbonyl (C=O) groups excluding carboxylic acids is 1. The Morgan fingerprint density at radius 1 is 1.13 bits per heavy atom. The fourth-order valence-electron chi connectivity index (χ4n) is 5.58. The lowest BCUT2D eigenvalue weighted by Crippen LogP contribution is -2.53. The molecule has 0 radical (unpaired) electrons. The molecule has 4 aromatic rings. The molecular weight excluding hydrogens is 614 g/mol. The van der Waals surface area contributed by atoms with Crippen LogP contribution in [0.2, 0.25) is 0 Å². The van der Waals surface area contributed by atoms with Gasteiger partial charge in [-0.1, -0.05) is 6.92 Å². The number of carboxylic acids is 1. The third-order valence-corrected chi connectivity index (χ3v) is 8.44. The standard InChI is InChI=1S/C32H36F2N6O4.CH2O2/c1-5-20-16-21(6-7-22(20)30(41)37-17-19-10-13-39(14-11-19)32(2,3)31(42)43)38-28-29-36-18-24(40(29)15-12-35-28)23-8-9-25(44-4)27(34)26(23)33;2-1-3/h6-9,12,15-16,18-19H,5,10-11,13-14,17H2,1-4H3,(H,35,38)(H,37,41)(H,42,43);1H,(H,2,3). The van der Waals surface area contributed by atoms with Crippen molar-refractivity contribution in [3.8, 4) is 17.0 Å². The predicted octanol–water partition coefficient (Wildman–Crippen LogP) is 4.99. The van der Waals surface area contributed by atoms with E-state index in [1.165, 1.54) is 31.6 Å². The van der Waals surface area contributed by atoms with Gasteiger partial charge in [-0.15, -0.1) is 0 Å². The molecule has 3 heterocycles. The van der Waals surface area contributed by atoms with Gasteiger partial charge in [0.05, 0.1) is 19.0 Å². The van der Waals surface area contributed by atoms with E-state index in [1.807, 2.05) is 17.9 Å². The largest absolute Gasteiger partial charge is 0.494 e. The smallest absolute Gasteiger partial charge is 0.323 e. The number of amides is 1. The molecule has 1 amide bonds. The van der Waals surface area contributed by atoms with Crippen LogP contribution in [0.1, 0.15) is 49.5 Å². The lowest BCUT2D eigenvalue weighted by Gasteiger charge is -2.40. The number of ether oxygens (including phenoxy) is 1. The number of hydrogen-bond donors (Lipinski definition) is 4. The average molecular weight is 653 g/mol. The van der Waals surface area contributed by atoms with E-state index in [9.17, 15) is 23.5 Å². The van der Waals surface area contributed by atoms with Crippen LogP contribution in [0.25, 0.3) is 16.9 Å². The van der Waals surface area contributed by atoms with Crippen LogP contribution in [0.4, 0.5) is 20.3 Å². The molecule has 0 saturated carbocycles. The highest BCUT2D eigenvalue weighted by Gasteiger charge is 2.36. The van der Waals surface area contributed by atoms with Crippen molar-refractivity contribution in [1.82, 2.24) is 24.6 Å². The Morgan fingerprint density at radius 2 is 1.83 bits per heavy atom. The minimum Gasteiger partial charge on any atom is -0.494 e. The lowest BCUT2D eigenvalue weighted by molar-refractivity contribution is -0.150. The van der Waals surface area contributed by atoms with Gasteiger partial charge in [0.25, 0.3) is 12.4 Å². The molecule has 2 aromatic heterocycles. The molecule has 4 N–H and O–H groups in total. The fourth-order valence-corrected chi connectivity index (χ4v) is 5.58. The highest BCUT2D eigenvalue weighted by molar-refractivity contribution is 5.96. The van der Waals surface area contributed by atoms with Crippen molar-refractivity contribution in [2.75, 3.05) is 32.1 Å². The first-order valence-corrected chi connectivity index (χ1v) is 15.1. The van der Waals surface area contributed by atoms with Crippen molar-refractivity contribution in [3.05, 3.63) is 71.7 Å². The van der Waals surface area contributed by atoms with Gasteiger partial charge in [0.1, 0.15) is 5.54 Å². The molecule has 250 valence electrons. The highest BCUT2D eigenvalue weighted by atomic mass is 19.2. The molecule has 0 atom stereocenters. The maximum absolute atomic E-state index is 14.8. The summed E-state index contributed by atoms with van der Waals surface area (Å²) in [5, 5.41) is 22.7. The van der Waals surface area contributed by atoms with Crippen LogP contribution in [-0.4, -0.2) is 80.1 Å². The molecule has 0 aliphatic carbocycles. The van der Waals surface area contributed by atoms with Crippen molar-refractivity contribution in [1.29, 1.82) is 0 Å².